The molecule has 0 spiro atoms. The normalized spacial score (nSPS) is 12.2. The van der Waals surface area contributed by atoms with Crippen molar-refractivity contribution in [3.05, 3.63) is 22.7 Å². The molecule has 1 unspecified atom stereocenters. The van der Waals surface area contributed by atoms with E-state index in [1.807, 2.05) is 18.2 Å². The lowest BCUT2D eigenvalue weighted by molar-refractivity contribution is 0.241. The van der Waals surface area contributed by atoms with Gasteiger partial charge in [-0.15, -0.1) is 0 Å². The zero-order chi connectivity index (χ0) is 12.7. The largest absolute Gasteiger partial charge is 0.493 e. The van der Waals surface area contributed by atoms with Crippen molar-refractivity contribution in [1.29, 1.82) is 0 Å². The first-order valence-electron chi connectivity index (χ1n) is 5.79. The molecule has 0 saturated carbocycles. The van der Waals surface area contributed by atoms with Crippen LogP contribution in [0.3, 0.4) is 0 Å². The maximum absolute atomic E-state index is 5.84. The monoisotopic (exact) mass is 318 g/mol. The van der Waals surface area contributed by atoms with Gasteiger partial charge in [-0.05, 0) is 40.2 Å². The molecular weight excluding hydrogens is 300 g/mol. The van der Waals surface area contributed by atoms with Crippen LogP contribution in [0.2, 0.25) is 0 Å². The molecule has 0 amide bonds. The van der Waals surface area contributed by atoms with Crippen molar-refractivity contribution in [2.24, 2.45) is 5.92 Å². The predicted octanol–water partition coefficient (Wildman–Crippen LogP) is 4.18. The van der Waals surface area contributed by atoms with Gasteiger partial charge in [-0.2, -0.15) is 12.6 Å². The van der Waals surface area contributed by atoms with Gasteiger partial charge in [-0.3, -0.25) is 0 Å². The van der Waals surface area contributed by atoms with Crippen LogP contribution in [-0.2, 0) is 0 Å². The summed E-state index contributed by atoms with van der Waals surface area (Å²) in [5.74, 6) is 2.87. The van der Waals surface area contributed by atoms with Gasteiger partial charge in [0.2, 0.25) is 0 Å². The number of para-hydroxylation sites is 1. The molecule has 2 nitrogen and oxygen atoms in total. The van der Waals surface area contributed by atoms with Crippen molar-refractivity contribution in [3.63, 3.8) is 0 Å². The number of thiol groups is 1. The smallest absolute Gasteiger partial charge is 0.175 e. The van der Waals surface area contributed by atoms with E-state index in [1.165, 1.54) is 0 Å². The minimum atomic E-state index is 0.486. The molecule has 1 aromatic rings. The van der Waals surface area contributed by atoms with Crippen molar-refractivity contribution < 1.29 is 9.47 Å². The number of methoxy groups -OCH3 is 1. The summed E-state index contributed by atoms with van der Waals surface area (Å²) in [5.41, 5.74) is 0. The Balaban J connectivity index is 2.67. The summed E-state index contributed by atoms with van der Waals surface area (Å²) in [7, 11) is 1.65. The van der Waals surface area contributed by atoms with Crippen LogP contribution < -0.4 is 9.47 Å². The highest BCUT2D eigenvalue weighted by atomic mass is 79.9. The molecule has 0 N–H and O–H groups in total. The highest BCUT2D eigenvalue weighted by molar-refractivity contribution is 9.10. The quantitative estimate of drug-likeness (QED) is 0.760. The molecular formula is C13H19BrO2S. The lowest BCUT2D eigenvalue weighted by Gasteiger charge is -2.17. The third kappa shape index (κ3) is 4.43. The summed E-state index contributed by atoms with van der Waals surface area (Å²) in [6.45, 7) is 2.85. The van der Waals surface area contributed by atoms with E-state index in [-0.39, 0.29) is 0 Å². The minimum absolute atomic E-state index is 0.486. The van der Waals surface area contributed by atoms with Crippen molar-refractivity contribution >= 4 is 28.6 Å². The van der Waals surface area contributed by atoms with Crippen LogP contribution in [0.15, 0.2) is 22.7 Å². The van der Waals surface area contributed by atoms with Crippen LogP contribution in [0.25, 0.3) is 0 Å². The molecule has 0 aromatic heterocycles. The Morgan fingerprint density at radius 3 is 2.76 bits per heavy atom. The van der Waals surface area contributed by atoms with E-state index in [0.717, 1.165) is 34.6 Å². The first-order valence-corrected chi connectivity index (χ1v) is 7.21. The van der Waals surface area contributed by atoms with Crippen molar-refractivity contribution in [1.82, 2.24) is 0 Å². The predicted molar refractivity (Wildman–Crippen MR) is 78.4 cm³/mol. The molecule has 0 aliphatic carbocycles. The molecule has 1 atom stereocenters. The summed E-state index contributed by atoms with van der Waals surface area (Å²) in [4.78, 5) is 0. The zero-order valence-corrected chi connectivity index (χ0v) is 12.8. The summed E-state index contributed by atoms with van der Waals surface area (Å²) >= 11 is 7.82. The van der Waals surface area contributed by atoms with Gasteiger partial charge in [0.15, 0.2) is 11.5 Å². The molecule has 0 fully saturated rings. The molecule has 0 radical (unpaired) electrons. The van der Waals surface area contributed by atoms with E-state index < -0.39 is 0 Å². The maximum atomic E-state index is 5.84. The van der Waals surface area contributed by atoms with Crippen LogP contribution in [0, 0.1) is 5.92 Å². The number of ether oxygens (including phenoxy) is 2. The first-order chi connectivity index (χ1) is 8.22. The van der Waals surface area contributed by atoms with Gasteiger partial charge in [0.05, 0.1) is 18.2 Å². The molecule has 17 heavy (non-hydrogen) atoms. The lowest BCUT2D eigenvalue weighted by Crippen LogP contribution is -2.14. The van der Waals surface area contributed by atoms with Gasteiger partial charge in [0.25, 0.3) is 0 Å². The molecule has 96 valence electrons. The third-order valence-electron chi connectivity index (χ3n) is 2.57. The highest BCUT2D eigenvalue weighted by Gasteiger charge is 2.12. The molecule has 0 saturated heterocycles. The van der Waals surface area contributed by atoms with Gasteiger partial charge < -0.3 is 9.47 Å². The van der Waals surface area contributed by atoms with Crippen LogP contribution in [0.5, 0.6) is 11.5 Å². The fraction of sp³-hybridized carbons (Fsp3) is 0.538. The van der Waals surface area contributed by atoms with Crippen molar-refractivity contribution in [2.45, 2.75) is 19.8 Å². The van der Waals surface area contributed by atoms with E-state index in [0.29, 0.717) is 12.5 Å². The van der Waals surface area contributed by atoms with Gasteiger partial charge in [-0.1, -0.05) is 19.4 Å². The highest BCUT2D eigenvalue weighted by Crippen LogP contribution is 2.35. The van der Waals surface area contributed by atoms with Gasteiger partial charge in [0, 0.05) is 5.92 Å². The zero-order valence-electron chi connectivity index (χ0n) is 10.3. The SMILES string of the molecule is CCCC(CS)COc1c(Br)cccc1OC. The summed E-state index contributed by atoms with van der Waals surface area (Å²) in [5, 5.41) is 0. The Morgan fingerprint density at radius 2 is 2.18 bits per heavy atom. The van der Waals surface area contributed by atoms with Crippen LogP contribution in [0.1, 0.15) is 19.8 Å². The topological polar surface area (TPSA) is 18.5 Å². The Morgan fingerprint density at radius 1 is 1.41 bits per heavy atom. The van der Waals surface area contributed by atoms with E-state index in [9.17, 15) is 0 Å². The number of halogens is 1. The maximum Gasteiger partial charge on any atom is 0.175 e. The van der Waals surface area contributed by atoms with Crippen LogP contribution >= 0.6 is 28.6 Å². The van der Waals surface area contributed by atoms with E-state index in [1.54, 1.807) is 7.11 Å². The fourth-order valence-corrected chi connectivity index (χ4v) is 2.38. The molecule has 0 bridgehead atoms. The van der Waals surface area contributed by atoms with E-state index >= 15 is 0 Å². The minimum Gasteiger partial charge on any atom is -0.493 e. The van der Waals surface area contributed by atoms with Crippen molar-refractivity contribution in [3.8, 4) is 11.5 Å². The third-order valence-corrected chi connectivity index (χ3v) is 3.71. The standard InChI is InChI=1S/C13H19BrO2S/c1-3-5-10(9-17)8-16-13-11(14)6-4-7-12(13)15-2/h4,6-7,10,17H,3,5,8-9H2,1-2H3. The summed E-state index contributed by atoms with van der Waals surface area (Å²) in [6.07, 6.45) is 2.29. The Hall–Kier alpha value is -0.350. The van der Waals surface area contributed by atoms with Gasteiger partial charge >= 0.3 is 0 Å². The van der Waals surface area contributed by atoms with Gasteiger partial charge in [-0.25, -0.2) is 0 Å². The van der Waals surface area contributed by atoms with Crippen LogP contribution in [-0.4, -0.2) is 19.5 Å². The number of hydrogen-bond donors (Lipinski definition) is 1. The lowest BCUT2D eigenvalue weighted by atomic mass is 10.1. The van der Waals surface area contributed by atoms with Crippen molar-refractivity contribution in [2.75, 3.05) is 19.5 Å². The Labute approximate surface area is 117 Å². The van der Waals surface area contributed by atoms with E-state index in [4.69, 9.17) is 9.47 Å². The number of hydrogen-bond acceptors (Lipinski definition) is 3. The second kappa shape index (κ2) is 7.88. The molecule has 1 aromatic carbocycles. The molecule has 0 aliphatic rings. The molecule has 4 heteroatoms. The Kier molecular flexibility index (Phi) is 6.82. The molecule has 1 rings (SSSR count). The summed E-state index contributed by atoms with van der Waals surface area (Å²) < 4.78 is 12.0. The van der Waals surface area contributed by atoms with Gasteiger partial charge in [0.1, 0.15) is 0 Å². The van der Waals surface area contributed by atoms with E-state index in [2.05, 4.69) is 35.5 Å². The molecule has 0 heterocycles. The first kappa shape index (κ1) is 14.7. The molecule has 0 aliphatic heterocycles. The number of benzene rings is 1. The average Bonchev–Trinajstić information content (AvgIpc) is 2.35. The second-order valence-electron chi connectivity index (χ2n) is 3.92. The summed E-state index contributed by atoms with van der Waals surface area (Å²) in [6, 6.07) is 5.78. The Bertz CT molecular complexity index is 344. The average molecular weight is 319 g/mol. The van der Waals surface area contributed by atoms with Crippen LogP contribution in [0.4, 0.5) is 0 Å². The fourth-order valence-electron chi connectivity index (χ4n) is 1.63. The second-order valence-corrected chi connectivity index (χ2v) is 5.14. The number of rotatable bonds is 7.